The zero-order chi connectivity index (χ0) is 14.0. The van der Waals surface area contributed by atoms with Gasteiger partial charge in [-0.05, 0) is 34.1 Å². The number of rotatable bonds is 4. The average Bonchev–Trinajstić information content (AvgIpc) is 2.87. The second-order valence-corrected chi connectivity index (χ2v) is 4.70. The Hall–Kier alpha value is -1.86. The van der Waals surface area contributed by atoms with Gasteiger partial charge in [0.25, 0.3) is 0 Å². The maximum atomic E-state index is 10.8. The van der Waals surface area contributed by atoms with E-state index in [0.717, 1.165) is 10.0 Å². The van der Waals surface area contributed by atoms with Crippen LogP contribution in [0.25, 0.3) is 11.3 Å². The molecule has 1 atom stereocenters. The van der Waals surface area contributed by atoms with Gasteiger partial charge in [0.2, 0.25) is 0 Å². The summed E-state index contributed by atoms with van der Waals surface area (Å²) in [5.74, 6) is -0.197. The van der Waals surface area contributed by atoms with E-state index in [1.807, 2.05) is 12.1 Å². The molecule has 0 aliphatic carbocycles. The van der Waals surface area contributed by atoms with Crippen molar-refractivity contribution in [1.82, 2.24) is 9.97 Å². The molecule has 100 valence electrons. The van der Waals surface area contributed by atoms with E-state index in [-0.39, 0.29) is 5.82 Å². The highest BCUT2D eigenvalue weighted by atomic mass is 79.9. The van der Waals surface area contributed by atoms with Gasteiger partial charge in [-0.2, -0.15) is 0 Å². The molecule has 0 amide bonds. The number of hydrogen-bond acceptors (Lipinski definition) is 4. The van der Waals surface area contributed by atoms with Gasteiger partial charge in [-0.25, -0.2) is 4.98 Å². The van der Waals surface area contributed by atoms with Crippen LogP contribution in [-0.2, 0) is 4.79 Å². The molecule has 2 rings (SSSR count). The summed E-state index contributed by atoms with van der Waals surface area (Å²) in [6.45, 7) is 0. The van der Waals surface area contributed by atoms with Gasteiger partial charge in [0.1, 0.15) is 11.6 Å². The molecule has 1 aromatic carbocycles. The number of hydrogen-bond donors (Lipinski definition) is 3. The van der Waals surface area contributed by atoms with E-state index in [9.17, 15) is 4.79 Å². The minimum atomic E-state index is -1.16. The highest BCUT2D eigenvalue weighted by molar-refractivity contribution is 9.10. The number of halogens is 1. The number of H-pyrrole nitrogens is 1. The summed E-state index contributed by atoms with van der Waals surface area (Å²) in [5, 5.41) is 8.82. The summed E-state index contributed by atoms with van der Waals surface area (Å²) in [4.78, 5) is 17.6. The molecular weight excluding hydrogens is 314 g/mol. The van der Waals surface area contributed by atoms with Crippen LogP contribution < -0.4 is 10.5 Å². The lowest BCUT2D eigenvalue weighted by Gasteiger charge is -2.05. The van der Waals surface area contributed by atoms with Gasteiger partial charge in [-0.1, -0.05) is 0 Å². The van der Waals surface area contributed by atoms with Crippen LogP contribution in [0.1, 0.15) is 11.9 Å². The molecule has 2 aromatic rings. The molecule has 7 heteroatoms. The number of nitrogens with two attached hydrogens (primary N) is 1. The Morgan fingerprint density at radius 1 is 1.58 bits per heavy atom. The Morgan fingerprint density at radius 2 is 2.32 bits per heavy atom. The van der Waals surface area contributed by atoms with Crippen LogP contribution in [0, 0.1) is 0 Å². The summed E-state index contributed by atoms with van der Waals surface area (Å²) in [6, 6.07) is 4.34. The zero-order valence-electron chi connectivity index (χ0n) is 10.1. The lowest BCUT2D eigenvalue weighted by atomic mass is 10.1. The van der Waals surface area contributed by atoms with E-state index in [1.54, 1.807) is 19.4 Å². The Labute approximate surface area is 117 Å². The SMILES string of the molecule is COc1ccc(-c2cnc(C(N)C(=O)O)[nH]2)cc1Br. The molecule has 1 heterocycles. The first-order chi connectivity index (χ1) is 9.02. The van der Waals surface area contributed by atoms with Crippen molar-refractivity contribution in [1.29, 1.82) is 0 Å². The molecule has 4 N–H and O–H groups in total. The van der Waals surface area contributed by atoms with Crippen molar-refractivity contribution >= 4 is 21.9 Å². The average molecular weight is 326 g/mol. The number of nitrogens with zero attached hydrogens (tertiary/aromatic N) is 1. The zero-order valence-corrected chi connectivity index (χ0v) is 11.6. The van der Waals surface area contributed by atoms with Gasteiger partial charge in [-0.3, -0.25) is 4.79 Å². The second kappa shape index (κ2) is 5.41. The molecule has 1 aromatic heterocycles. The highest BCUT2D eigenvalue weighted by Gasteiger charge is 2.18. The third kappa shape index (κ3) is 2.77. The van der Waals surface area contributed by atoms with Crippen LogP contribution in [0.3, 0.4) is 0 Å². The molecule has 0 radical (unpaired) electrons. The first-order valence-corrected chi connectivity index (χ1v) is 6.19. The molecule has 0 spiro atoms. The number of carbonyl (C=O) groups is 1. The summed E-state index contributed by atoms with van der Waals surface area (Å²) < 4.78 is 5.94. The molecule has 0 fully saturated rings. The second-order valence-electron chi connectivity index (χ2n) is 3.85. The first kappa shape index (κ1) is 13.6. The summed E-state index contributed by atoms with van der Waals surface area (Å²) >= 11 is 3.39. The van der Waals surface area contributed by atoms with E-state index in [2.05, 4.69) is 25.9 Å². The Kier molecular flexibility index (Phi) is 3.87. The summed E-state index contributed by atoms with van der Waals surface area (Å²) in [7, 11) is 1.58. The van der Waals surface area contributed by atoms with Crippen molar-refractivity contribution in [3.8, 4) is 17.0 Å². The molecule has 0 saturated carbocycles. The van der Waals surface area contributed by atoms with Crippen LogP contribution in [0.5, 0.6) is 5.75 Å². The Morgan fingerprint density at radius 3 is 2.89 bits per heavy atom. The number of aromatic amines is 1. The number of imidazole rings is 1. The quantitative estimate of drug-likeness (QED) is 0.797. The number of nitrogens with one attached hydrogen (secondary N) is 1. The van der Waals surface area contributed by atoms with Crippen molar-refractivity contribution in [3.63, 3.8) is 0 Å². The lowest BCUT2D eigenvalue weighted by molar-refractivity contribution is -0.138. The van der Waals surface area contributed by atoms with Crippen molar-refractivity contribution < 1.29 is 14.6 Å². The normalized spacial score (nSPS) is 12.2. The Bertz CT molecular complexity index is 612. The lowest BCUT2D eigenvalue weighted by Crippen LogP contribution is -2.21. The van der Waals surface area contributed by atoms with E-state index in [1.165, 1.54) is 0 Å². The fourth-order valence-corrected chi connectivity index (χ4v) is 2.13. The third-order valence-corrected chi connectivity index (χ3v) is 3.24. The van der Waals surface area contributed by atoms with Crippen LogP contribution in [0.15, 0.2) is 28.9 Å². The number of benzene rings is 1. The maximum absolute atomic E-state index is 10.8. The van der Waals surface area contributed by atoms with Crippen LogP contribution in [0.4, 0.5) is 0 Å². The first-order valence-electron chi connectivity index (χ1n) is 5.40. The Balaban J connectivity index is 2.33. The van der Waals surface area contributed by atoms with Crippen LogP contribution in [0.2, 0.25) is 0 Å². The van der Waals surface area contributed by atoms with Crippen molar-refractivity contribution in [2.45, 2.75) is 6.04 Å². The van der Waals surface area contributed by atoms with Crippen molar-refractivity contribution in [2.24, 2.45) is 5.73 Å². The molecule has 1 unspecified atom stereocenters. The monoisotopic (exact) mass is 325 g/mol. The van der Waals surface area contributed by atoms with Gasteiger partial charge >= 0.3 is 5.97 Å². The van der Waals surface area contributed by atoms with E-state index >= 15 is 0 Å². The van der Waals surface area contributed by atoms with Crippen LogP contribution in [-0.4, -0.2) is 28.2 Å². The standard InChI is InChI=1S/C12H12BrN3O3/c1-19-9-3-2-6(4-7(9)13)8-5-15-11(16-8)10(14)12(17)18/h2-5,10H,14H2,1H3,(H,15,16)(H,17,18). The number of ether oxygens (including phenoxy) is 1. The number of aromatic nitrogens is 2. The van der Waals surface area contributed by atoms with E-state index in [4.69, 9.17) is 15.6 Å². The van der Waals surface area contributed by atoms with E-state index < -0.39 is 12.0 Å². The fourth-order valence-electron chi connectivity index (χ4n) is 1.59. The predicted molar refractivity (Wildman–Crippen MR) is 72.8 cm³/mol. The van der Waals surface area contributed by atoms with Crippen molar-refractivity contribution in [3.05, 3.63) is 34.7 Å². The van der Waals surface area contributed by atoms with Gasteiger partial charge in [0.05, 0.1) is 23.5 Å². The van der Waals surface area contributed by atoms with Crippen molar-refractivity contribution in [2.75, 3.05) is 7.11 Å². The summed E-state index contributed by atoms with van der Waals surface area (Å²) in [5.41, 5.74) is 7.02. The summed E-state index contributed by atoms with van der Waals surface area (Å²) in [6.07, 6.45) is 1.55. The number of aliphatic carboxylic acids is 1. The van der Waals surface area contributed by atoms with Gasteiger partial charge in [-0.15, -0.1) is 0 Å². The van der Waals surface area contributed by atoms with Gasteiger partial charge in [0.15, 0.2) is 6.04 Å². The smallest absolute Gasteiger partial charge is 0.328 e. The minimum Gasteiger partial charge on any atom is -0.496 e. The number of methoxy groups -OCH3 is 1. The van der Waals surface area contributed by atoms with Gasteiger partial charge in [0, 0.05) is 5.56 Å². The highest BCUT2D eigenvalue weighted by Crippen LogP contribution is 2.30. The number of carboxylic acids is 1. The molecule has 19 heavy (non-hydrogen) atoms. The maximum Gasteiger partial charge on any atom is 0.328 e. The predicted octanol–water partition coefficient (Wildman–Crippen LogP) is 1.93. The topological polar surface area (TPSA) is 101 Å². The molecule has 0 bridgehead atoms. The minimum absolute atomic E-state index is 0.217. The number of carboxylic acid groups (broad SMARTS) is 1. The largest absolute Gasteiger partial charge is 0.496 e. The molecule has 6 nitrogen and oxygen atoms in total. The van der Waals surface area contributed by atoms with Gasteiger partial charge < -0.3 is 20.6 Å². The fraction of sp³-hybridized carbons (Fsp3) is 0.167. The molecular formula is C12H12BrN3O3. The van der Waals surface area contributed by atoms with E-state index in [0.29, 0.717) is 11.4 Å². The molecule has 0 aliphatic rings. The third-order valence-electron chi connectivity index (χ3n) is 2.62. The molecule has 0 saturated heterocycles. The van der Waals surface area contributed by atoms with Crippen LogP contribution >= 0.6 is 15.9 Å². The molecule has 0 aliphatic heterocycles.